The second-order valence-electron chi connectivity index (χ2n) is 3.71. The summed E-state index contributed by atoms with van der Waals surface area (Å²) in [5.41, 5.74) is 6.47. The van der Waals surface area contributed by atoms with Crippen LogP contribution >= 0.6 is 0 Å². The summed E-state index contributed by atoms with van der Waals surface area (Å²) in [6.45, 7) is -0.0323. The van der Waals surface area contributed by atoms with E-state index >= 15 is 0 Å². The summed E-state index contributed by atoms with van der Waals surface area (Å²) in [6.07, 6.45) is 0.842. The topological polar surface area (TPSA) is 44.5 Å². The van der Waals surface area contributed by atoms with E-state index in [-0.39, 0.29) is 11.8 Å². The quantitative estimate of drug-likeness (QED) is 0.802. The van der Waals surface area contributed by atoms with E-state index in [1.807, 2.05) is 6.92 Å². The zero-order chi connectivity index (χ0) is 12.7. The Balaban J connectivity index is 2.43. The van der Waals surface area contributed by atoms with Crippen LogP contribution in [-0.2, 0) is 11.3 Å². The number of alkyl halides is 2. The van der Waals surface area contributed by atoms with Crippen LogP contribution in [0.5, 0.6) is 5.75 Å². The number of hydrogen-bond acceptors (Lipinski definition) is 3. The molecule has 96 valence electrons. The van der Waals surface area contributed by atoms with Gasteiger partial charge < -0.3 is 15.2 Å². The highest BCUT2D eigenvalue weighted by Gasteiger charge is 2.05. The van der Waals surface area contributed by atoms with E-state index in [2.05, 4.69) is 4.74 Å². The molecule has 0 saturated carbocycles. The van der Waals surface area contributed by atoms with Crippen molar-refractivity contribution in [2.45, 2.75) is 32.6 Å². The first-order valence-electron chi connectivity index (χ1n) is 5.49. The fourth-order valence-electron chi connectivity index (χ4n) is 1.26. The molecule has 1 aromatic rings. The molecule has 1 aromatic carbocycles. The third kappa shape index (κ3) is 5.60. The van der Waals surface area contributed by atoms with Crippen LogP contribution in [0.2, 0.25) is 0 Å². The highest BCUT2D eigenvalue weighted by Crippen LogP contribution is 2.16. The van der Waals surface area contributed by atoms with Gasteiger partial charge in [-0.05, 0) is 24.1 Å². The third-order valence-corrected chi connectivity index (χ3v) is 2.25. The molecule has 0 spiro atoms. The molecule has 3 nitrogen and oxygen atoms in total. The van der Waals surface area contributed by atoms with Crippen molar-refractivity contribution in [3.05, 3.63) is 29.8 Å². The molecular formula is C12H17F2NO2. The van der Waals surface area contributed by atoms with Gasteiger partial charge in [0.05, 0.1) is 13.2 Å². The Bertz CT molecular complexity index is 334. The molecule has 0 aliphatic carbocycles. The highest BCUT2D eigenvalue weighted by atomic mass is 19.3. The molecule has 17 heavy (non-hydrogen) atoms. The van der Waals surface area contributed by atoms with Crippen LogP contribution in [0.1, 0.15) is 18.9 Å². The molecule has 0 unspecified atom stereocenters. The minimum absolute atomic E-state index is 0.00972. The van der Waals surface area contributed by atoms with Gasteiger partial charge in [-0.15, -0.1) is 0 Å². The van der Waals surface area contributed by atoms with Gasteiger partial charge in [0.15, 0.2) is 0 Å². The van der Waals surface area contributed by atoms with E-state index in [9.17, 15) is 8.78 Å². The Morgan fingerprint density at radius 3 is 2.76 bits per heavy atom. The van der Waals surface area contributed by atoms with Crippen molar-refractivity contribution in [2.75, 3.05) is 6.61 Å². The van der Waals surface area contributed by atoms with Crippen molar-refractivity contribution >= 4 is 0 Å². The van der Waals surface area contributed by atoms with Crippen LogP contribution < -0.4 is 10.5 Å². The molecule has 1 atom stereocenters. The lowest BCUT2D eigenvalue weighted by Gasteiger charge is -2.10. The van der Waals surface area contributed by atoms with Gasteiger partial charge in [-0.25, -0.2) is 0 Å². The predicted molar refractivity (Wildman–Crippen MR) is 61.0 cm³/mol. The lowest BCUT2D eigenvalue weighted by atomic mass is 10.2. The minimum atomic E-state index is -2.81. The molecular weight excluding hydrogens is 228 g/mol. The molecule has 0 heterocycles. The lowest BCUT2D eigenvalue weighted by Crippen LogP contribution is -2.24. The van der Waals surface area contributed by atoms with E-state index in [4.69, 9.17) is 10.5 Å². The van der Waals surface area contributed by atoms with Gasteiger partial charge in [-0.3, -0.25) is 0 Å². The summed E-state index contributed by atoms with van der Waals surface area (Å²) < 4.78 is 33.6. The summed E-state index contributed by atoms with van der Waals surface area (Å²) in [5, 5.41) is 0. The second kappa shape index (κ2) is 7.19. The van der Waals surface area contributed by atoms with Gasteiger partial charge in [0.1, 0.15) is 5.75 Å². The first kappa shape index (κ1) is 13.9. The molecule has 0 amide bonds. The summed E-state index contributed by atoms with van der Waals surface area (Å²) in [7, 11) is 0. The van der Waals surface area contributed by atoms with Crippen LogP contribution in [0, 0.1) is 0 Å². The van der Waals surface area contributed by atoms with Crippen molar-refractivity contribution in [1.29, 1.82) is 0 Å². The van der Waals surface area contributed by atoms with E-state index < -0.39 is 6.61 Å². The number of hydrogen-bond donors (Lipinski definition) is 1. The second-order valence-corrected chi connectivity index (χ2v) is 3.71. The monoisotopic (exact) mass is 245 g/mol. The predicted octanol–water partition coefficient (Wildman–Crippen LogP) is 2.54. The first-order chi connectivity index (χ1) is 8.11. The molecule has 0 aliphatic heterocycles. The van der Waals surface area contributed by atoms with Crippen molar-refractivity contribution in [3.63, 3.8) is 0 Å². The minimum Gasteiger partial charge on any atom is -0.435 e. The summed E-state index contributed by atoms with van der Waals surface area (Å²) in [6, 6.07) is 6.46. The molecule has 2 N–H and O–H groups in total. The van der Waals surface area contributed by atoms with Gasteiger partial charge >= 0.3 is 6.61 Å². The molecule has 0 saturated heterocycles. The lowest BCUT2D eigenvalue weighted by molar-refractivity contribution is -0.0499. The Morgan fingerprint density at radius 1 is 1.35 bits per heavy atom. The van der Waals surface area contributed by atoms with Gasteiger partial charge in [-0.1, -0.05) is 19.1 Å². The van der Waals surface area contributed by atoms with Crippen LogP contribution in [0.4, 0.5) is 8.78 Å². The first-order valence-corrected chi connectivity index (χ1v) is 5.49. The fourth-order valence-corrected chi connectivity index (χ4v) is 1.26. The Morgan fingerprint density at radius 2 is 2.12 bits per heavy atom. The Labute approximate surface area is 99.5 Å². The molecule has 0 aliphatic rings. The van der Waals surface area contributed by atoms with Gasteiger partial charge in [0.25, 0.3) is 0 Å². The van der Waals surface area contributed by atoms with Crippen LogP contribution in [0.15, 0.2) is 24.3 Å². The van der Waals surface area contributed by atoms with Crippen LogP contribution in [0.3, 0.4) is 0 Å². The number of nitrogens with two attached hydrogens (primary N) is 1. The number of halogens is 2. The zero-order valence-electron chi connectivity index (χ0n) is 9.74. The number of rotatable bonds is 7. The van der Waals surface area contributed by atoms with Gasteiger partial charge in [0.2, 0.25) is 0 Å². The number of ether oxygens (including phenoxy) is 2. The Kier molecular flexibility index (Phi) is 5.86. The average Bonchev–Trinajstić information content (AvgIpc) is 2.28. The van der Waals surface area contributed by atoms with Crippen molar-refractivity contribution in [2.24, 2.45) is 5.73 Å². The molecule has 0 bridgehead atoms. The van der Waals surface area contributed by atoms with Gasteiger partial charge in [-0.2, -0.15) is 8.78 Å². The standard InChI is InChI=1S/C12H17F2NO2/c1-2-10(15)8-16-7-9-4-3-5-11(6-9)17-12(13)14/h3-6,10,12H,2,7-8,15H2,1H3/t10-/m0/s1. The maximum atomic E-state index is 12.0. The average molecular weight is 245 g/mol. The normalized spacial score (nSPS) is 12.8. The van der Waals surface area contributed by atoms with Crippen LogP contribution in [-0.4, -0.2) is 19.3 Å². The maximum absolute atomic E-state index is 12.0. The Hall–Kier alpha value is -1.20. The van der Waals surface area contributed by atoms with Crippen molar-refractivity contribution < 1.29 is 18.3 Å². The summed E-state index contributed by atoms with van der Waals surface area (Å²) in [5.74, 6) is 0.140. The smallest absolute Gasteiger partial charge is 0.387 e. The van der Waals surface area contributed by atoms with E-state index in [1.165, 1.54) is 12.1 Å². The molecule has 1 rings (SSSR count). The molecule has 0 aromatic heterocycles. The highest BCUT2D eigenvalue weighted by molar-refractivity contribution is 5.28. The zero-order valence-corrected chi connectivity index (χ0v) is 9.74. The van der Waals surface area contributed by atoms with Crippen LogP contribution in [0.25, 0.3) is 0 Å². The SMILES string of the molecule is CC[C@H](N)COCc1cccc(OC(F)F)c1. The maximum Gasteiger partial charge on any atom is 0.387 e. The largest absolute Gasteiger partial charge is 0.435 e. The molecule has 5 heteroatoms. The van der Waals surface area contributed by atoms with Crippen molar-refractivity contribution in [3.8, 4) is 5.75 Å². The van der Waals surface area contributed by atoms with Gasteiger partial charge in [0, 0.05) is 6.04 Å². The summed E-state index contributed by atoms with van der Waals surface area (Å²) >= 11 is 0. The van der Waals surface area contributed by atoms with E-state index in [1.54, 1.807) is 12.1 Å². The van der Waals surface area contributed by atoms with E-state index in [0.717, 1.165) is 12.0 Å². The molecule has 0 radical (unpaired) electrons. The molecule has 0 fully saturated rings. The van der Waals surface area contributed by atoms with Crippen molar-refractivity contribution in [1.82, 2.24) is 0 Å². The number of benzene rings is 1. The summed E-state index contributed by atoms with van der Waals surface area (Å²) in [4.78, 5) is 0. The van der Waals surface area contributed by atoms with E-state index in [0.29, 0.717) is 13.2 Å². The third-order valence-electron chi connectivity index (χ3n) is 2.25. The fraction of sp³-hybridized carbons (Fsp3) is 0.500.